The number of alkyl carbamates (subject to hydrolysis) is 1. The Balaban J connectivity index is 2.16. The molecule has 1 aliphatic carbocycles. The van der Waals surface area contributed by atoms with Gasteiger partial charge in [0.05, 0.1) is 13.2 Å². The van der Waals surface area contributed by atoms with E-state index < -0.39 is 36.2 Å². The van der Waals surface area contributed by atoms with Crippen LogP contribution in [-0.4, -0.2) is 66.4 Å². The van der Waals surface area contributed by atoms with E-state index in [1.165, 1.54) is 19.1 Å². The highest BCUT2D eigenvalue weighted by molar-refractivity contribution is 5.91. The number of carbonyl (C=O) groups excluding carboxylic acids is 2. The Bertz CT molecular complexity index is 454. The fourth-order valence-corrected chi connectivity index (χ4v) is 2.86. The van der Waals surface area contributed by atoms with Crippen molar-refractivity contribution >= 4 is 18.0 Å². The molecule has 0 spiro atoms. The van der Waals surface area contributed by atoms with E-state index in [-0.39, 0.29) is 12.0 Å². The van der Waals surface area contributed by atoms with Gasteiger partial charge in [0.25, 0.3) is 0 Å². The number of hydrogen-bond acceptors (Lipinski definition) is 5. The highest BCUT2D eigenvalue weighted by Crippen LogP contribution is 2.48. The van der Waals surface area contributed by atoms with Gasteiger partial charge in [-0.05, 0) is 25.7 Å². The molecule has 0 bridgehead atoms. The zero-order valence-corrected chi connectivity index (χ0v) is 12.2. The Morgan fingerprint density at radius 2 is 1.95 bits per heavy atom. The van der Waals surface area contributed by atoms with Crippen molar-refractivity contribution in [3.8, 4) is 0 Å². The zero-order valence-electron chi connectivity index (χ0n) is 12.2. The first-order chi connectivity index (χ1) is 9.90. The molecule has 21 heavy (non-hydrogen) atoms. The van der Waals surface area contributed by atoms with Crippen LogP contribution in [0.4, 0.5) is 4.79 Å². The van der Waals surface area contributed by atoms with Gasteiger partial charge in [0, 0.05) is 13.2 Å². The molecule has 2 N–H and O–H groups in total. The number of nitrogens with one attached hydrogen (secondary N) is 1. The molecule has 2 rings (SSSR count). The van der Waals surface area contributed by atoms with E-state index in [0.29, 0.717) is 6.42 Å². The van der Waals surface area contributed by atoms with Gasteiger partial charge in [0.15, 0.2) is 0 Å². The number of amides is 2. The monoisotopic (exact) mass is 300 g/mol. The molecule has 5 atom stereocenters. The first-order valence-electron chi connectivity index (χ1n) is 6.83. The fourth-order valence-electron chi connectivity index (χ4n) is 2.86. The molecule has 2 amide bonds. The van der Waals surface area contributed by atoms with Gasteiger partial charge in [-0.15, -0.1) is 0 Å². The number of fused-ring (bicyclic) bond motifs is 1. The van der Waals surface area contributed by atoms with Crippen molar-refractivity contribution in [2.24, 2.45) is 5.92 Å². The number of likely N-dealkylation sites (tertiary alicyclic amines) is 1. The minimum absolute atomic E-state index is 0.0374. The van der Waals surface area contributed by atoms with Crippen molar-refractivity contribution in [2.75, 3.05) is 14.2 Å². The molecular formula is C13H20N2O6. The molecular weight excluding hydrogens is 280 g/mol. The Hall–Kier alpha value is -1.83. The second-order valence-corrected chi connectivity index (χ2v) is 5.45. The molecule has 1 heterocycles. The van der Waals surface area contributed by atoms with E-state index >= 15 is 0 Å². The van der Waals surface area contributed by atoms with E-state index in [9.17, 15) is 19.5 Å². The summed E-state index contributed by atoms with van der Waals surface area (Å²) in [6.45, 7) is 1.63. The minimum Gasteiger partial charge on any atom is -0.480 e. The van der Waals surface area contributed by atoms with Crippen LogP contribution in [0.2, 0.25) is 0 Å². The first kappa shape index (κ1) is 15.6. The van der Waals surface area contributed by atoms with Crippen LogP contribution in [0, 0.1) is 5.92 Å². The van der Waals surface area contributed by atoms with Crippen molar-refractivity contribution in [1.82, 2.24) is 10.2 Å². The zero-order chi connectivity index (χ0) is 15.7. The molecule has 0 aromatic rings. The molecule has 0 radical (unpaired) electrons. The summed E-state index contributed by atoms with van der Waals surface area (Å²) in [6, 6.07) is -1.83. The molecule has 8 nitrogen and oxygen atoms in total. The minimum atomic E-state index is -1.02. The smallest absolute Gasteiger partial charge is 0.407 e. The Morgan fingerprint density at radius 3 is 2.48 bits per heavy atom. The fraction of sp³-hybridized carbons (Fsp3) is 0.769. The average molecular weight is 300 g/mol. The molecule has 2 fully saturated rings. The van der Waals surface area contributed by atoms with Gasteiger partial charge in [0.2, 0.25) is 5.91 Å². The molecule has 0 aromatic heterocycles. The number of ether oxygens (including phenoxy) is 2. The normalized spacial score (nSPS) is 29.3. The van der Waals surface area contributed by atoms with Crippen LogP contribution in [0.1, 0.15) is 19.8 Å². The quantitative estimate of drug-likeness (QED) is 0.729. The van der Waals surface area contributed by atoms with Gasteiger partial charge in [-0.3, -0.25) is 4.79 Å². The van der Waals surface area contributed by atoms with Crippen LogP contribution in [0.15, 0.2) is 0 Å². The van der Waals surface area contributed by atoms with Gasteiger partial charge in [-0.2, -0.15) is 0 Å². The van der Waals surface area contributed by atoms with Crippen molar-refractivity contribution < 1.29 is 29.0 Å². The number of carboxylic acids is 1. The summed E-state index contributed by atoms with van der Waals surface area (Å²) in [5, 5.41) is 11.7. The van der Waals surface area contributed by atoms with Crippen LogP contribution in [0.3, 0.4) is 0 Å². The number of nitrogens with zero attached hydrogens (tertiary/aromatic N) is 1. The third-order valence-electron chi connectivity index (χ3n) is 4.21. The number of carboxylic acid groups (broad SMARTS) is 1. The highest BCUT2D eigenvalue weighted by atomic mass is 16.5. The number of carbonyl (C=O) groups is 3. The van der Waals surface area contributed by atoms with Crippen LogP contribution in [-0.2, 0) is 19.1 Å². The maximum Gasteiger partial charge on any atom is 0.407 e. The van der Waals surface area contributed by atoms with Gasteiger partial charge in [0.1, 0.15) is 12.1 Å². The maximum atomic E-state index is 12.7. The summed E-state index contributed by atoms with van der Waals surface area (Å²) in [4.78, 5) is 36.7. The highest BCUT2D eigenvalue weighted by Gasteiger charge is 2.57. The summed E-state index contributed by atoms with van der Waals surface area (Å²) in [7, 11) is 2.61. The molecule has 1 saturated heterocycles. The standard InChI is InChI=1S/C13H20N2O6/c1-6(20-2)10(14-13(19)21-3)11(16)15-8-4-7(8)5-9(15)12(17)18/h6-10H,4-5H2,1-3H3,(H,14,19)(H,17,18)/t6-,7?,8?,9?,10-/m0/s1. The number of hydrogen-bond donors (Lipinski definition) is 2. The van der Waals surface area contributed by atoms with Crippen LogP contribution in [0.5, 0.6) is 0 Å². The van der Waals surface area contributed by atoms with Gasteiger partial charge in [-0.25, -0.2) is 9.59 Å². The van der Waals surface area contributed by atoms with E-state index in [0.717, 1.165) is 6.42 Å². The van der Waals surface area contributed by atoms with Gasteiger partial charge < -0.3 is 24.8 Å². The van der Waals surface area contributed by atoms with E-state index in [4.69, 9.17) is 4.74 Å². The molecule has 2 aliphatic rings. The number of rotatable bonds is 5. The lowest BCUT2D eigenvalue weighted by Gasteiger charge is -2.31. The lowest BCUT2D eigenvalue weighted by Crippen LogP contribution is -2.57. The third kappa shape index (κ3) is 2.94. The second-order valence-electron chi connectivity index (χ2n) is 5.45. The van der Waals surface area contributed by atoms with Gasteiger partial charge >= 0.3 is 12.1 Å². The molecule has 1 aliphatic heterocycles. The number of piperidine rings is 1. The van der Waals surface area contributed by atoms with E-state index in [2.05, 4.69) is 10.1 Å². The van der Waals surface area contributed by atoms with Crippen LogP contribution >= 0.6 is 0 Å². The summed E-state index contributed by atoms with van der Waals surface area (Å²) < 4.78 is 9.62. The summed E-state index contributed by atoms with van der Waals surface area (Å²) in [5.74, 6) is -1.20. The SMILES string of the molecule is COC(=O)N[C@H](C(=O)N1C(C(=O)O)CC2CC21)[C@H](C)OC. The summed E-state index contributed by atoms with van der Waals surface area (Å²) in [5.41, 5.74) is 0. The van der Waals surface area contributed by atoms with Crippen molar-refractivity contribution in [3.05, 3.63) is 0 Å². The molecule has 1 saturated carbocycles. The largest absolute Gasteiger partial charge is 0.480 e. The summed E-state index contributed by atoms with van der Waals surface area (Å²) >= 11 is 0. The Morgan fingerprint density at radius 1 is 1.29 bits per heavy atom. The van der Waals surface area contributed by atoms with Crippen LogP contribution < -0.4 is 5.32 Å². The maximum absolute atomic E-state index is 12.7. The Labute approximate surface area is 122 Å². The summed E-state index contributed by atoms with van der Waals surface area (Å²) in [6.07, 6.45) is -0.0561. The molecule has 3 unspecified atom stereocenters. The predicted molar refractivity (Wildman–Crippen MR) is 70.6 cm³/mol. The van der Waals surface area contributed by atoms with Crippen molar-refractivity contribution in [2.45, 2.75) is 44.0 Å². The van der Waals surface area contributed by atoms with Crippen molar-refractivity contribution in [1.29, 1.82) is 0 Å². The van der Waals surface area contributed by atoms with E-state index in [1.807, 2.05) is 0 Å². The third-order valence-corrected chi connectivity index (χ3v) is 4.21. The topological polar surface area (TPSA) is 105 Å². The average Bonchev–Trinajstić information content (AvgIpc) is 3.13. The lowest BCUT2D eigenvalue weighted by atomic mass is 10.1. The molecule has 0 aromatic carbocycles. The predicted octanol–water partition coefficient (Wildman–Crippen LogP) is -0.180. The second kappa shape index (κ2) is 5.88. The molecule has 8 heteroatoms. The lowest BCUT2D eigenvalue weighted by molar-refractivity contribution is -0.151. The van der Waals surface area contributed by atoms with Crippen molar-refractivity contribution in [3.63, 3.8) is 0 Å². The van der Waals surface area contributed by atoms with E-state index in [1.54, 1.807) is 6.92 Å². The number of methoxy groups -OCH3 is 2. The number of aliphatic carboxylic acids is 1. The van der Waals surface area contributed by atoms with Crippen LogP contribution in [0.25, 0.3) is 0 Å². The Kier molecular flexibility index (Phi) is 4.36. The van der Waals surface area contributed by atoms with Gasteiger partial charge in [-0.1, -0.05) is 0 Å². The first-order valence-corrected chi connectivity index (χ1v) is 6.83. The molecule has 118 valence electrons.